The molecular weight excluding hydrogens is 256 g/mol. The molecule has 6 heteroatoms. The Balaban J connectivity index is 2.94. The predicted octanol–water partition coefficient (Wildman–Crippen LogP) is 3.43. The van der Waals surface area contributed by atoms with Gasteiger partial charge in [0, 0.05) is 11.0 Å². The van der Waals surface area contributed by atoms with Crippen molar-refractivity contribution >= 4 is 23.3 Å². The van der Waals surface area contributed by atoms with Crippen LogP contribution in [0, 0.1) is 0 Å². The molecule has 1 aromatic rings. The summed E-state index contributed by atoms with van der Waals surface area (Å²) in [5.41, 5.74) is 0.397. The van der Waals surface area contributed by atoms with Gasteiger partial charge in [0.2, 0.25) is 5.78 Å². The number of hydrogen-bond acceptors (Lipinski definition) is 2. The molecule has 0 heterocycles. The van der Waals surface area contributed by atoms with Gasteiger partial charge in [-0.3, -0.25) is 4.79 Å². The van der Waals surface area contributed by atoms with E-state index in [0.717, 1.165) is 0 Å². The first-order valence-electron chi connectivity index (χ1n) is 4.52. The Labute approximate surface area is 101 Å². The van der Waals surface area contributed by atoms with Crippen molar-refractivity contribution in [3.63, 3.8) is 0 Å². The number of carbonyl (C=O) groups excluding carboxylic acids is 1. The summed E-state index contributed by atoms with van der Waals surface area (Å²) in [5.74, 6) is -6.63. The molecule has 0 atom stereocenters. The number of carbonyl (C=O) groups is 1. The third-order valence-electron chi connectivity index (χ3n) is 1.94. The van der Waals surface area contributed by atoms with Gasteiger partial charge >= 0.3 is 12.3 Å². The van der Waals surface area contributed by atoms with Gasteiger partial charge in [-0.2, -0.15) is 8.78 Å². The standard InChI is InChI=1S/C11H8F4OS/c12-10(13)11(14,15)9(16)6-8(17)7-4-2-1-3-5-7/h1-6,10,17H/b8-6-. The van der Waals surface area contributed by atoms with Crippen molar-refractivity contribution in [3.8, 4) is 0 Å². The number of ketones is 1. The average Bonchev–Trinajstić information content (AvgIpc) is 2.29. The SMILES string of the molecule is O=C(/C=C(\S)c1ccccc1)C(F)(F)C(F)F. The summed E-state index contributed by atoms with van der Waals surface area (Å²) in [4.78, 5) is 10.8. The Morgan fingerprint density at radius 3 is 2.24 bits per heavy atom. The van der Waals surface area contributed by atoms with E-state index in [1.165, 1.54) is 12.1 Å². The Morgan fingerprint density at radius 2 is 1.76 bits per heavy atom. The van der Waals surface area contributed by atoms with Crippen molar-refractivity contribution in [1.29, 1.82) is 0 Å². The van der Waals surface area contributed by atoms with Gasteiger partial charge in [0.25, 0.3) is 0 Å². The molecule has 0 saturated heterocycles. The van der Waals surface area contributed by atoms with Crippen molar-refractivity contribution < 1.29 is 22.4 Å². The van der Waals surface area contributed by atoms with Crippen molar-refractivity contribution in [2.45, 2.75) is 12.3 Å². The van der Waals surface area contributed by atoms with Gasteiger partial charge in [-0.1, -0.05) is 30.3 Å². The molecule has 0 N–H and O–H groups in total. The minimum atomic E-state index is -4.68. The third-order valence-corrected chi connectivity index (χ3v) is 2.33. The smallest absolute Gasteiger partial charge is 0.288 e. The molecule has 1 rings (SSSR count). The van der Waals surface area contributed by atoms with Crippen molar-refractivity contribution in [3.05, 3.63) is 42.0 Å². The monoisotopic (exact) mass is 264 g/mol. The number of benzene rings is 1. The topological polar surface area (TPSA) is 17.1 Å². The Bertz CT molecular complexity index is 428. The minimum Gasteiger partial charge on any atom is -0.288 e. The highest BCUT2D eigenvalue weighted by Gasteiger charge is 2.47. The van der Waals surface area contributed by atoms with Gasteiger partial charge in [-0.15, -0.1) is 12.6 Å². The molecular formula is C11H8F4OS. The quantitative estimate of drug-likeness (QED) is 0.501. The summed E-state index contributed by atoms with van der Waals surface area (Å²) in [6, 6.07) is 7.93. The molecule has 0 aliphatic carbocycles. The van der Waals surface area contributed by atoms with Crippen LogP contribution in [-0.2, 0) is 4.79 Å². The van der Waals surface area contributed by atoms with Crippen LogP contribution in [0.5, 0.6) is 0 Å². The summed E-state index contributed by atoms with van der Waals surface area (Å²) >= 11 is 3.82. The molecule has 0 saturated carbocycles. The zero-order valence-electron chi connectivity index (χ0n) is 8.41. The van der Waals surface area contributed by atoms with E-state index in [9.17, 15) is 22.4 Å². The first-order chi connectivity index (χ1) is 7.85. The van der Waals surface area contributed by atoms with Crippen molar-refractivity contribution in [2.75, 3.05) is 0 Å². The number of hydrogen-bond donors (Lipinski definition) is 1. The van der Waals surface area contributed by atoms with Crippen LogP contribution < -0.4 is 0 Å². The molecule has 92 valence electrons. The van der Waals surface area contributed by atoms with E-state index in [4.69, 9.17) is 0 Å². The summed E-state index contributed by atoms with van der Waals surface area (Å²) in [7, 11) is 0. The zero-order valence-corrected chi connectivity index (χ0v) is 9.30. The van der Waals surface area contributed by atoms with E-state index >= 15 is 0 Å². The highest BCUT2D eigenvalue weighted by molar-refractivity contribution is 7.90. The van der Waals surface area contributed by atoms with E-state index in [1.54, 1.807) is 18.2 Å². The number of alkyl halides is 4. The fourth-order valence-corrected chi connectivity index (χ4v) is 1.29. The fourth-order valence-electron chi connectivity index (χ4n) is 1.02. The summed E-state index contributed by atoms with van der Waals surface area (Å²) in [6.45, 7) is 0. The highest BCUT2D eigenvalue weighted by atomic mass is 32.1. The van der Waals surface area contributed by atoms with Crippen LogP contribution in [0.25, 0.3) is 4.91 Å². The Kier molecular flexibility index (Phi) is 4.34. The molecule has 0 aromatic heterocycles. The van der Waals surface area contributed by atoms with E-state index in [1.807, 2.05) is 0 Å². The number of allylic oxidation sites excluding steroid dienone is 1. The molecule has 0 aliphatic rings. The highest BCUT2D eigenvalue weighted by Crippen LogP contribution is 2.27. The molecule has 0 spiro atoms. The first-order valence-corrected chi connectivity index (χ1v) is 4.97. The van der Waals surface area contributed by atoms with Crippen LogP contribution in [0.2, 0.25) is 0 Å². The predicted molar refractivity (Wildman–Crippen MR) is 59.4 cm³/mol. The summed E-state index contributed by atoms with van der Waals surface area (Å²) in [6.07, 6.45) is -3.62. The van der Waals surface area contributed by atoms with E-state index in [-0.39, 0.29) is 4.91 Å². The van der Waals surface area contributed by atoms with Gasteiger partial charge in [0.1, 0.15) is 0 Å². The molecule has 0 unspecified atom stereocenters. The van der Waals surface area contributed by atoms with Crippen LogP contribution in [-0.4, -0.2) is 18.1 Å². The van der Waals surface area contributed by atoms with Gasteiger partial charge in [-0.25, -0.2) is 8.78 Å². The van der Waals surface area contributed by atoms with Crippen LogP contribution >= 0.6 is 12.6 Å². The minimum absolute atomic E-state index is 0.0871. The Hall–Kier alpha value is -1.30. The van der Waals surface area contributed by atoms with E-state index < -0.39 is 18.1 Å². The zero-order chi connectivity index (χ0) is 13.1. The second kappa shape index (κ2) is 5.35. The molecule has 0 aliphatic heterocycles. The third kappa shape index (κ3) is 3.33. The second-order valence-corrected chi connectivity index (χ2v) is 3.67. The second-order valence-electron chi connectivity index (χ2n) is 3.18. The van der Waals surface area contributed by atoms with Crippen molar-refractivity contribution in [2.24, 2.45) is 0 Å². The lowest BCUT2D eigenvalue weighted by molar-refractivity contribution is -0.161. The van der Waals surface area contributed by atoms with Gasteiger partial charge in [-0.05, 0) is 5.56 Å². The molecule has 0 amide bonds. The Morgan fingerprint density at radius 1 is 1.24 bits per heavy atom. The van der Waals surface area contributed by atoms with E-state index in [2.05, 4.69) is 12.6 Å². The number of halogens is 4. The molecule has 0 radical (unpaired) electrons. The maximum Gasteiger partial charge on any atom is 0.368 e. The average molecular weight is 264 g/mol. The van der Waals surface area contributed by atoms with Crippen LogP contribution in [0.4, 0.5) is 17.6 Å². The molecule has 0 fully saturated rings. The maximum absolute atomic E-state index is 12.6. The molecule has 17 heavy (non-hydrogen) atoms. The summed E-state index contributed by atoms with van der Waals surface area (Å²) < 4.78 is 49.1. The van der Waals surface area contributed by atoms with Crippen LogP contribution in [0.1, 0.15) is 5.56 Å². The number of rotatable bonds is 4. The molecule has 1 nitrogen and oxygen atoms in total. The normalized spacial score (nSPS) is 12.9. The van der Waals surface area contributed by atoms with E-state index in [0.29, 0.717) is 11.6 Å². The van der Waals surface area contributed by atoms with Crippen LogP contribution in [0.3, 0.4) is 0 Å². The summed E-state index contributed by atoms with van der Waals surface area (Å²) in [5, 5.41) is 0. The van der Waals surface area contributed by atoms with Crippen molar-refractivity contribution in [1.82, 2.24) is 0 Å². The molecule has 0 bridgehead atoms. The largest absolute Gasteiger partial charge is 0.368 e. The molecule has 1 aromatic carbocycles. The van der Waals surface area contributed by atoms with Gasteiger partial charge in [0.05, 0.1) is 0 Å². The van der Waals surface area contributed by atoms with Gasteiger partial charge < -0.3 is 0 Å². The fraction of sp³-hybridized carbons (Fsp3) is 0.182. The van der Waals surface area contributed by atoms with Crippen LogP contribution in [0.15, 0.2) is 36.4 Å². The lowest BCUT2D eigenvalue weighted by Gasteiger charge is -2.11. The lowest BCUT2D eigenvalue weighted by atomic mass is 10.1. The number of thiol groups is 1. The van der Waals surface area contributed by atoms with Gasteiger partial charge in [0.15, 0.2) is 0 Å². The first kappa shape index (κ1) is 13.8. The lowest BCUT2D eigenvalue weighted by Crippen LogP contribution is -2.35. The maximum atomic E-state index is 12.6.